The van der Waals surface area contributed by atoms with E-state index in [1.54, 1.807) is 4.90 Å². The van der Waals surface area contributed by atoms with E-state index in [2.05, 4.69) is 11.9 Å². The highest BCUT2D eigenvalue weighted by molar-refractivity contribution is 6.00. The molecule has 2 rings (SSSR count). The largest absolute Gasteiger partial charge is 0.340 e. The molecule has 19 heavy (non-hydrogen) atoms. The number of nitrogens with one attached hydrogen (secondary N) is 1. The first kappa shape index (κ1) is 14.1. The first-order valence-electron chi connectivity index (χ1n) is 7.05. The predicted octanol–water partition coefficient (Wildman–Crippen LogP) is 1.71. The van der Waals surface area contributed by atoms with Crippen molar-refractivity contribution in [3.63, 3.8) is 0 Å². The summed E-state index contributed by atoms with van der Waals surface area (Å²) in [6.45, 7) is 12.1. The third kappa shape index (κ3) is 2.40. The van der Waals surface area contributed by atoms with Gasteiger partial charge in [-0.25, -0.2) is 0 Å². The zero-order chi connectivity index (χ0) is 14.4. The van der Waals surface area contributed by atoms with Crippen LogP contribution in [0.4, 0.5) is 0 Å². The zero-order valence-electron chi connectivity index (χ0n) is 12.3. The quantitative estimate of drug-likeness (QED) is 0.786. The molecule has 1 N–H and O–H groups in total. The molecule has 1 aliphatic heterocycles. The van der Waals surface area contributed by atoms with Gasteiger partial charge in [-0.2, -0.15) is 0 Å². The molecule has 0 bridgehead atoms. The third-order valence-corrected chi connectivity index (χ3v) is 4.16. The second kappa shape index (κ2) is 4.66. The van der Waals surface area contributed by atoms with Gasteiger partial charge in [0.05, 0.1) is 0 Å². The summed E-state index contributed by atoms with van der Waals surface area (Å²) in [5.74, 6) is 0.429. The second-order valence-corrected chi connectivity index (χ2v) is 6.54. The molecule has 2 atom stereocenters. The number of carbonyl (C=O) groups excluding carboxylic acids is 2. The molecule has 0 radical (unpaired) electrons. The summed E-state index contributed by atoms with van der Waals surface area (Å²) in [6, 6.07) is -0.379. The maximum Gasteiger partial charge on any atom is 0.249 e. The molecule has 0 aromatic rings. The summed E-state index contributed by atoms with van der Waals surface area (Å²) >= 11 is 0. The fourth-order valence-corrected chi connectivity index (χ4v) is 3.01. The second-order valence-electron chi connectivity index (χ2n) is 6.54. The number of nitrogens with zero attached hydrogens (tertiary/aromatic N) is 1. The molecule has 0 aromatic carbocycles. The first-order valence-corrected chi connectivity index (χ1v) is 7.05. The fourth-order valence-electron chi connectivity index (χ4n) is 3.01. The van der Waals surface area contributed by atoms with Crippen molar-refractivity contribution in [2.45, 2.75) is 52.1 Å². The van der Waals surface area contributed by atoms with E-state index in [1.807, 2.05) is 27.7 Å². The normalized spacial score (nSPS) is 31.6. The van der Waals surface area contributed by atoms with Crippen molar-refractivity contribution in [2.75, 3.05) is 6.54 Å². The monoisotopic (exact) mass is 264 g/mol. The predicted molar refractivity (Wildman–Crippen MR) is 74.4 cm³/mol. The van der Waals surface area contributed by atoms with Gasteiger partial charge < -0.3 is 10.2 Å². The van der Waals surface area contributed by atoms with Crippen molar-refractivity contribution < 1.29 is 9.59 Å². The molecular formula is C15H24N2O2. The van der Waals surface area contributed by atoms with Crippen molar-refractivity contribution in [3.05, 3.63) is 12.2 Å². The van der Waals surface area contributed by atoms with Gasteiger partial charge in [0.1, 0.15) is 11.6 Å². The maximum atomic E-state index is 12.8. The smallest absolute Gasteiger partial charge is 0.249 e. The minimum atomic E-state index is -0.710. The van der Waals surface area contributed by atoms with E-state index < -0.39 is 5.54 Å². The SMILES string of the molecule is C=C(C)CN1C(=O)C(C)(C2CC2)NC(=O)C1C(C)C. The van der Waals surface area contributed by atoms with Crippen LogP contribution in [0.5, 0.6) is 0 Å². The number of amides is 2. The summed E-state index contributed by atoms with van der Waals surface area (Å²) < 4.78 is 0. The highest BCUT2D eigenvalue weighted by Crippen LogP contribution is 2.42. The molecule has 0 spiro atoms. The van der Waals surface area contributed by atoms with Crippen molar-refractivity contribution in [1.29, 1.82) is 0 Å². The lowest BCUT2D eigenvalue weighted by molar-refractivity contribution is -0.156. The van der Waals surface area contributed by atoms with Gasteiger partial charge in [0.15, 0.2) is 0 Å². The summed E-state index contributed by atoms with van der Waals surface area (Å²) in [4.78, 5) is 26.9. The van der Waals surface area contributed by atoms with E-state index in [1.165, 1.54) is 0 Å². The fraction of sp³-hybridized carbons (Fsp3) is 0.733. The van der Waals surface area contributed by atoms with Crippen LogP contribution in [0.15, 0.2) is 12.2 Å². The van der Waals surface area contributed by atoms with Gasteiger partial charge in [-0.3, -0.25) is 9.59 Å². The molecule has 2 amide bonds. The minimum absolute atomic E-state index is 0.0229. The van der Waals surface area contributed by atoms with Crippen LogP contribution in [0.1, 0.15) is 40.5 Å². The van der Waals surface area contributed by atoms with Crippen LogP contribution < -0.4 is 5.32 Å². The molecule has 1 saturated heterocycles. The van der Waals surface area contributed by atoms with Gasteiger partial charge >= 0.3 is 0 Å². The van der Waals surface area contributed by atoms with E-state index in [4.69, 9.17) is 0 Å². The summed E-state index contributed by atoms with van der Waals surface area (Å²) in [5, 5.41) is 2.98. The van der Waals surface area contributed by atoms with Crippen LogP contribution in [-0.2, 0) is 9.59 Å². The highest BCUT2D eigenvalue weighted by Gasteiger charge is 2.55. The van der Waals surface area contributed by atoms with Gasteiger partial charge in [-0.1, -0.05) is 26.0 Å². The lowest BCUT2D eigenvalue weighted by Crippen LogP contribution is -2.71. The minimum Gasteiger partial charge on any atom is -0.340 e. The van der Waals surface area contributed by atoms with Crippen LogP contribution in [-0.4, -0.2) is 34.8 Å². The summed E-state index contributed by atoms with van der Waals surface area (Å²) in [7, 11) is 0. The third-order valence-electron chi connectivity index (χ3n) is 4.16. The zero-order valence-corrected chi connectivity index (χ0v) is 12.3. The van der Waals surface area contributed by atoms with E-state index in [0.29, 0.717) is 12.5 Å². The van der Waals surface area contributed by atoms with Crippen LogP contribution in [0.25, 0.3) is 0 Å². The van der Waals surface area contributed by atoms with Crippen LogP contribution >= 0.6 is 0 Å². The molecule has 4 heteroatoms. The Morgan fingerprint density at radius 2 is 2.05 bits per heavy atom. The van der Waals surface area contributed by atoms with E-state index >= 15 is 0 Å². The Morgan fingerprint density at radius 1 is 1.47 bits per heavy atom. The van der Waals surface area contributed by atoms with Crippen molar-refractivity contribution in [1.82, 2.24) is 10.2 Å². The van der Waals surface area contributed by atoms with Crippen molar-refractivity contribution in [3.8, 4) is 0 Å². The molecule has 1 aliphatic carbocycles. The number of piperazine rings is 1. The molecule has 0 aromatic heterocycles. The molecule has 106 valence electrons. The average Bonchev–Trinajstić information content (AvgIpc) is 3.07. The Labute approximate surface area is 115 Å². The lowest BCUT2D eigenvalue weighted by atomic mass is 9.86. The van der Waals surface area contributed by atoms with Gasteiger partial charge in [0.25, 0.3) is 0 Å². The van der Waals surface area contributed by atoms with Gasteiger partial charge in [0, 0.05) is 6.54 Å². The summed E-state index contributed by atoms with van der Waals surface area (Å²) in [5.41, 5.74) is 0.199. The average molecular weight is 264 g/mol. The lowest BCUT2D eigenvalue weighted by Gasteiger charge is -2.46. The Bertz CT molecular complexity index is 426. The molecule has 1 saturated carbocycles. The Hall–Kier alpha value is -1.32. The molecular weight excluding hydrogens is 240 g/mol. The van der Waals surface area contributed by atoms with E-state index in [-0.39, 0.29) is 23.8 Å². The van der Waals surface area contributed by atoms with Crippen molar-refractivity contribution in [2.24, 2.45) is 11.8 Å². The molecule has 4 nitrogen and oxygen atoms in total. The standard InChI is InChI=1S/C15H24N2O2/c1-9(2)8-17-12(10(3)4)13(18)16-15(5,14(17)19)11-6-7-11/h10-12H,1,6-8H2,2-5H3,(H,16,18). The van der Waals surface area contributed by atoms with E-state index in [9.17, 15) is 9.59 Å². The Balaban J connectivity index is 2.33. The van der Waals surface area contributed by atoms with Crippen molar-refractivity contribution >= 4 is 11.8 Å². The molecule has 2 unspecified atom stereocenters. The molecule has 2 fully saturated rings. The molecule has 2 aliphatic rings. The van der Waals surface area contributed by atoms with Crippen LogP contribution in [0.3, 0.4) is 0 Å². The van der Waals surface area contributed by atoms with Crippen LogP contribution in [0, 0.1) is 11.8 Å². The topological polar surface area (TPSA) is 49.4 Å². The number of rotatable bonds is 4. The summed E-state index contributed by atoms with van der Waals surface area (Å²) in [6.07, 6.45) is 2.05. The van der Waals surface area contributed by atoms with Crippen LogP contribution in [0.2, 0.25) is 0 Å². The van der Waals surface area contributed by atoms with Gasteiger partial charge in [0.2, 0.25) is 11.8 Å². The van der Waals surface area contributed by atoms with Gasteiger partial charge in [-0.05, 0) is 38.5 Å². The Kier molecular flexibility index (Phi) is 3.45. The highest BCUT2D eigenvalue weighted by atomic mass is 16.2. The first-order chi connectivity index (χ1) is 8.77. The molecule has 1 heterocycles. The van der Waals surface area contributed by atoms with Gasteiger partial charge in [-0.15, -0.1) is 0 Å². The van der Waals surface area contributed by atoms with E-state index in [0.717, 1.165) is 18.4 Å². The number of hydrogen-bond acceptors (Lipinski definition) is 2. The number of hydrogen-bond donors (Lipinski definition) is 1. The Morgan fingerprint density at radius 3 is 2.47 bits per heavy atom. The number of carbonyl (C=O) groups is 2. The maximum absolute atomic E-state index is 12.8.